The highest BCUT2D eigenvalue weighted by Gasteiger charge is 2.30. The van der Waals surface area contributed by atoms with Crippen molar-refractivity contribution in [3.8, 4) is 0 Å². The first kappa shape index (κ1) is 10.7. The molecular weight excluding hydrogens is 224 g/mol. The Hall–Kier alpha value is -2.48. The molecule has 0 unspecified atom stereocenters. The van der Waals surface area contributed by atoms with Gasteiger partial charge in [-0.05, 0) is 5.56 Å². The highest BCUT2D eigenvalue weighted by Crippen LogP contribution is 2.29. The molecule has 3 rings (SSSR count). The third-order valence-corrected chi connectivity index (χ3v) is 3.20. The average molecular weight is 234 g/mol. The zero-order chi connectivity index (χ0) is 12.7. The molecule has 0 aliphatic heterocycles. The number of ketones is 2. The number of carbonyl (C=O) groups is 2. The van der Waals surface area contributed by atoms with Gasteiger partial charge in [0.25, 0.3) is 0 Å². The summed E-state index contributed by atoms with van der Waals surface area (Å²) in [6.07, 6.45) is 1.61. The second-order valence-corrected chi connectivity index (χ2v) is 4.18. The third-order valence-electron chi connectivity index (χ3n) is 3.20. The van der Waals surface area contributed by atoms with E-state index in [1.165, 1.54) is 0 Å². The lowest BCUT2D eigenvalue weighted by Crippen LogP contribution is -2.21. The molecule has 0 fully saturated rings. The number of hydrogen-bond donors (Lipinski definition) is 0. The third kappa shape index (κ3) is 1.29. The van der Waals surface area contributed by atoms with E-state index in [0.717, 1.165) is 0 Å². The summed E-state index contributed by atoms with van der Waals surface area (Å²) in [7, 11) is 0. The van der Waals surface area contributed by atoms with Gasteiger partial charge in [-0.25, -0.2) is 0 Å². The summed E-state index contributed by atoms with van der Waals surface area (Å²) in [6.45, 7) is 3.69. The Kier molecular flexibility index (Phi) is 2.23. The van der Waals surface area contributed by atoms with Crippen LogP contribution in [0.4, 0.5) is 0 Å². The molecule has 2 heteroatoms. The fraction of sp³-hybridized carbons (Fsp3) is 0. The van der Waals surface area contributed by atoms with Gasteiger partial charge in [-0.15, -0.1) is 0 Å². The van der Waals surface area contributed by atoms with Crippen LogP contribution < -0.4 is 0 Å². The van der Waals surface area contributed by atoms with Crippen LogP contribution in [0.5, 0.6) is 0 Å². The van der Waals surface area contributed by atoms with Gasteiger partial charge in [0.2, 0.25) is 0 Å². The van der Waals surface area contributed by atoms with Crippen LogP contribution in [0.3, 0.4) is 0 Å². The molecule has 0 N–H and O–H groups in total. The van der Waals surface area contributed by atoms with Gasteiger partial charge < -0.3 is 0 Å². The van der Waals surface area contributed by atoms with E-state index < -0.39 is 0 Å². The van der Waals surface area contributed by atoms with Crippen molar-refractivity contribution in [3.05, 3.63) is 76.9 Å². The SMILES string of the molecule is C=Cc1cccc2c1C(=O)c1ccccc1C2=O. The lowest BCUT2D eigenvalue weighted by molar-refractivity contribution is 0.0979. The van der Waals surface area contributed by atoms with Gasteiger partial charge in [-0.2, -0.15) is 0 Å². The van der Waals surface area contributed by atoms with E-state index >= 15 is 0 Å². The van der Waals surface area contributed by atoms with E-state index in [9.17, 15) is 9.59 Å². The topological polar surface area (TPSA) is 34.1 Å². The molecule has 0 radical (unpaired) electrons. The van der Waals surface area contributed by atoms with Gasteiger partial charge in [0.1, 0.15) is 0 Å². The average Bonchev–Trinajstić information content (AvgIpc) is 2.44. The first-order valence-electron chi connectivity index (χ1n) is 5.68. The van der Waals surface area contributed by atoms with E-state index in [2.05, 4.69) is 6.58 Å². The van der Waals surface area contributed by atoms with E-state index in [-0.39, 0.29) is 11.6 Å². The second kappa shape index (κ2) is 3.77. The molecule has 0 spiro atoms. The Balaban J connectivity index is 2.37. The maximum atomic E-state index is 12.4. The normalized spacial score (nSPS) is 12.9. The second-order valence-electron chi connectivity index (χ2n) is 4.18. The number of fused-ring (bicyclic) bond motifs is 2. The Morgan fingerprint density at radius 3 is 2.06 bits per heavy atom. The lowest BCUT2D eigenvalue weighted by atomic mass is 9.82. The molecule has 0 bridgehead atoms. The van der Waals surface area contributed by atoms with Crippen molar-refractivity contribution in [2.45, 2.75) is 0 Å². The van der Waals surface area contributed by atoms with Crippen LogP contribution in [0.2, 0.25) is 0 Å². The Bertz CT molecular complexity index is 696. The molecule has 2 aromatic carbocycles. The summed E-state index contributed by atoms with van der Waals surface area (Å²) >= 11 is 0. The van der Waals surface area contributed by atoms with Crippen molar-refractivity contribution in [2.24, 2.45) is 0 Å². The molecule has 0 amide bonds. The van der Waals surface area contributed by atoms with Crippen molar-refractivity contribution in [1.82, 2.24) is 0 Å². The fourth-order valence-electron chi connectivity index (χ4n) is 2.34. The summed E-state index contributed by atoms with van der Waals surface area (Å²) in [5.41, 5.74) is 2.60. The highest BCUT2D eigenvalue weighted by atomic mass is 16.1. The molecule has 18 heavy (non-hydrogen) atoms. The summed E-state index contributed by atoms with van der Waals surface area (Å²) in [6, 6.07) is 12.2. The first-order chi connectivity index (χ1) is 8.74. The van der Waals surface area contributed by atoms with Gasteiger partial charge in [0, 0.05) is 22.3 Å². The van der Waals surface area contributed by atoms with E-state index in [1.54, 1.807) is 48.5 Å². The predicted octanol–water partition coefficient (Wildman–Crippen LogP) is 3.11. The van der Waals surface area contributed by atoms with E-state index in [1.807, 2.05) is 0 Å². The Morgan fingerprint density at radius 2 is 1.39 bits per heavy atom. The smallest absolute Gasteiger partial charge is 0.195 e. The zero-order valence-electron chi connectivity index (χ0n) is 9.64. The maximum absolute atomic E-state index is 12.4. The van der Waals surface area contributed by atoms with Gasteiger partial charge >= 0.3 is 0 Å². The van der Waals surface area contributed by atoms with Crippen molar-refractivity contribution in [3.63, 3.8) is 0 Å². The van der Waals surface area contributed by atoms with Crippen LogP contribution in [0.25, 0.3) is 6.08 Å². The minimum Gasteiger partial charge on any atom is -0.289 e. The van der Waals surface area contributed by atoms with E-state index in [4.69, 9.17) is 0 Å². The minimum atomic E-state index is -0.101. The lowest BCUT2D eigenvalue weighted by Gasteiger charge is -2.18. The van der Waals surface area contributed by atoms with Gasteiger partial charge in [0.15, 0.2) is 11.6 Å². The molecule has 2 nitrogen and oxygen atoms in total. The van der Waals surface area contributed by atoms with Crippen molar-refractivity contribution in [1.29, 1.82) is 0 Å². The van der Waals surface area contributed by atoms with Crippen LogP contribution in [0, 0.1) is 0 Å². The Labute approximate surface area is 105 Å². The van der Waals surface area contributed by atoms with Crippen LogP contribution >= 0.6 is 0 Å². The number of hydrogen-bond acceptors (Lipinski definition) is 2. The summed E-state index contributed by atoms with van der Waals surface area (Å²) in [5, 5.41) is 0. The van der Waals surface area contributed by atoms with Gasteiger partial charge in [-0.1, -0.05) is 55.1 Å². The number of carbonyl (C=O) groups excluding carboxylic acids is 2. The standard InChI is InChI=1S/C16H10O2/c1-2-10-6-5-9-13-14(10)16(18)12-8-4-3-7-11(12)15(13)17/h2-9H,1H2. The molecule has 0 heterocycles. The molecule has 86 valence electrons. The number of benzene rings is 2. The summed E-state index contributed by atoms with van der Waals surface area (Å²) in [4.78, 5) is 24.8. The number of rotatable bonds is 1. The Morgan fingerprint density at radius 1 is 0.778 bits per heavy atom. The van der Waals surface area contributed by atoms with E-state index in [0.29, 0.717) is 27.8 Å². The van der Waals surface area contributed by atoms with Crippen LogP contribution in [0.1, 0.15) is 37.4 Å². The summed E-state index contributed by atoms with van der Waals surface area (Å²) < 4.78 is 0. The largest absolute Gasteiger partial charge is 0.289 e. The molecule has 0 atom stereocenters. The zero-order valence-corrected chi connectivity index (χ0v) is 9.64. The molecule has 1 aliphatic carbocycles. The van der Waals surface area contributed by atoms with Crippen LogP contribution in [0.15, 0.2) is 49.0 Å². The van der Waals surface area contributed by atoms with Crippen molar-refractivity contribution >= 4 is 17.6 Å². The summed E-state index contributed by atoms with van der Waals surface area (Å²) in [5.74, 6) is -0.195. The minimum absolute atomic E-state index is 0.0936. The fourth-order valence-corrected chi connectivity index (χ4v) is 2.34. The van der Waals surface area contributed by atoms with Crippen LogP contribution in [-0.2, 0) is 0 Å². The molecular formula is C16H10O2. The molecule has 1 aliphatic rings. The molecule has 0 saturated heterocycles. The van der Waals surface area contributed by atoms with Gasteiger partial charge in [0.05, 0.1) is 0 Å². The highest BCUT2D eigenvalue weighted by molar-refractivity contribution is 6.29. The van der Waals surface area contributed by atoms with Crippen LogP contribution in [-0.4, -0.2) is 11.6 Å². The predicted molar refractivity (Wildman–Crippen MR) is 69.8 cm³/mol. The monoisotopic (exact) mass is 234 g/mol. The molecule has 0 aromatic heterocycles. The van der Waals surface area contributed by atoms with Crippen molar-refractivity contribution in [2.75, 3.05) is 0 Å². The first-order valence-corrected chi connectivity index (χ1v) is 5.68. The van der Waals surface area contributed by atoms with Gasteiger partial charge in [-0.3, -0.25) is 9.59 Å². The van der Waals surface area contributed by atoms with Crippen molar-refractivity contribution < 1.29 is 9.59 Å². The molecule has 0 saturated carbocycles. The quantitative estimate of drug-likeness (QED) is 0.648. The molecule has 2 aromatic rings. The maximum Gasteiger partial charge on any atom is 0.195 e.